The number of carbonyl (C=O) groups is 1. The summed E-state index contributed by atoms with van der Waals surface area (Å²) in [5.41, 5.74) is 1.49. The third-order valence-corrected chi connectivity index (χ3v) is 3.37. The lowest BCUT2D eigenvalue weighted by Gasteiger charge is -2.02. The molecule has 0 spiro atoms. The topological polar surface area (TPSA) is 47.8 Å². The lowest BCUT2D eigenvalue weighted by Crippen LogP contribution is -2.06. The number of nitrogens with zero attached hydrogens (tertiary/aromatic N) is 3. The Kier molecular flexibility index (Phi) is 3.25. The predicted octanol–water partition coefficient (Wildman–Crippen LogP) is 3.40. The molecule has 0 fully saturated rings. The molecule has 3 aromatic rings. The third kappa shape index (κ3) is 2.31. The SMILES string of the molecule is CC(C)C(=O)c1cn(-c2ccc(F)nn2)c2ccccc12. The Labute approximate surface area is 121 Å². The Bertz CT molecular complexity index is 806. The van der Waals surface area contributed by atoms with Crippen LogP contribution in [0.3, 0.4) is 0 Å². The van der Waals surface area contributed by atoms with Gasteiger partial charge in [0.15, 0.2) is 11.6 Å². The highest BCUT2D eigenvalue weighted by Crippen LogP contribution is 2.25. The second-order valence-corrected chi connectivity index (χ2v) is 5.16. The molecule has 0 aliphatic rings. The van der Waals surface area contributed by atoms with E-state index in [4.69, 9.17) is 0 Å². The molecule has 106 valence electrons. The second kappa shape index (κ2) is 5.09. The molecule has 0 saturated heterocycles. The van der Waals surface area contributed by atoms with Crippen LogP contribution in [0.25, 0.3) is 16.7 Å². The molecule has 0 amide bonds. The van der Waals surface area contributed by atoms with Crippen molar-refractivity contribution in [2.24, 2.45) is 5.92 Å². The minimum Gasteiger partial charge on any atom is -0.299 e. The van der Waals surface area contributed by atoms with Crippen LogP contribution in [0.2, 0.25) is 0 Å². The molecule has 0 radical (unpaired) electrons. The molecule has 5 heteroatoms. The van der Waals surface area contributed by atoms with E-state index in [1.165, 1.54) is 6.07 Å². The van der Waals surface area contributed by atoms with Gasteiger partial charge in [-0.3, -0.25) is 9.36 Å². The van der Waals surface area contributed by atoms with E-state index in [-0.39, 0.29) is 11.7 Å². The number of para-hydroxylation sites is 1. The summed E-state index contributed by atoms with van der Waals surface area (Å²) in [5, 5.41) is 8.14. The quantitative estimate of drug-likeness (QED) is 0.692. The van der Waals surface area contributed by atoms with Gasteiger partial charge in [-0.2, -0.15) is 4.39 Å². The highest BCUT2D eigenvalue weighted by molar-refractivity contribution is 6.09. The van der Waals surface area contributed by atoms with Crippen molar-refractivity contribution >= 4 is 16.7 Å². The van der Waals surface area contributed by atoms with Crippen molar-refractivity contribution in [3.8, 4) is 5.82 Å². The zero-order valence-electron chi connectivity index (χ0n) is 11.7. The van der Waals surface area contributed by atoms with Gasteiger partial charge in [0, 0.05) is 23.1 Å². The Hall–Kier alpha value is -2.56. The summed E-state index contributed by atoms with van der Waals surface area (Å²) in [5.74, 6) is -0.173. The molecular weight excluding hydrogens is 269 g/mol. The van der Waals surface area contributed by atoms with Crippen LogP contribution >= 0.6 is 0 Å². The summed E-state index contributed by atoms with van der Waals surface area (Å²) in [6, 6.07) is 10.4. The molecule has 2 aromatic heterocycles. The zero-order chi connectivity index (χ0) is 15.0. The van der Waals surface area contributed by atoms with Gasteiger partial charge in [-0.1, -0.05) is 32.0 Å². The van der Waals surface area contributed by atoms with E-state index >= 15 is 0 Å². The fraction of sp³-hybridized carbons (Fsp3) is 0.188. The van der Waals surface area contributed by atoms with Crippen LogP contribution in [0.4, 0.5) is 4.39 Å². The van der Waals surface area contributed by atoms with Crippen LogP contribution in [-0.2, 0) is 0 Å². The second-order valence-electron chi connectivity index (χ2n) is 5.16. The van der Waals surface area contributed by atoms with Crippen LogP contribution in [-0.4, -0.2) is 20.5 Å². The third-order valence-electron chi connectivity index (χ3n) is 3.37. The van der Waals surface area contributed by atoms with Gasteiger partial charge in [0.1, 0.15) is 0 Å². The first-order valence-electron chi connectivity index (χ1n) is 6.72. The van der Waals surface area contributed by atoms with E-state index in [0.29, 0.717) is 11.4 Å². The summed E-state index contributed by atoms with van der Waals surface area (Å²) in [6.45, 7) is 3.73. The zero-order valence-corrected chi connectivity index (χ0v) is 11.7. The van der Waals surface area contributed by atoms with Crippen LogP contribution in [0.5, 0.6) is 0 Å². The van der Waals surface area contributed by atoms with Gasteiger partial charge in [-0.05, 0) is 18.2 Å². The van der Waals surface area contributed by atoms with E-state index in [2.05, 4.69) is 10.2 Å². The summed E-state index contributed by atoms with van der Waals surface area (Å²) in [4.78, 5) is 12.3. The average Bonchev–Trinajstić information content (AvgIpc) is 2.87. The molecule has 3 rings (SSSR count). The monoisotopic (exact) mass is 283 g/mol. The molecule has 0 bridgehead atoms. The van der Waals surface area contributed by atoms with E-state index in [9.17, 15) is 9.18 Å². The van der Waals surface area contributed by atoms with Crippen LogP contribution < -0.4 is 0 Å². The van der Waals surface area contributed by atoms with Gasteiger partial charge >= 0.3 is 0 Å². The minimum absolute atomic E-state index is 0.0695. The number of carbonyl (C=O) groups excluding carboxylic acids is 1. The molecule has 0 saturated carbocycles. The summed E-state index contributed by atoms with van der Waals surface area (Å²) < 4.78 is 14.7. The number of hydrogen-bond acceptors (Lipinski definition) is 3. The van der Waals surface area contributed by atoms with Crippen molar-refractivity contribution < 1.29 is 9.18 Å². The molecule has 0 N–H and O–H groups in total. The van der Waals surface area contributed by atoms with E-state index in [1.54, 1.807) is 16.8 Å². The largest absolute Gasteiger partial charge is 0.299 e. The standard InChI is InChI=1S/C16H14FN3O/c1-10(2)16(21)12-9-20(13-6-4-3-5-11(12)13)15-8-7-14(17)18-19-15/h3-10H,1-2H3. The molecular formula is C16H14FN3O. The number of Topliss-reactive ketones (excluding diaryl/α,β-unsaturated/α-hetero) is 1. The molecule has 21 heavy (non-hydrogen) atoms. The molecule has 0 aliphatic heterocycles. The summed E-state index contributed by atoms with van der Waals surface area (Å²) in [7, 11) is 0. The molecule has 0 aliphatic carbocycles. The van der Waals surface area contributed by atoms with Crippen molar-refractivity contribution in [2.75, 3.05) is 0 Å². The van der Waals surface area contributed by atoms with Crippen LogP contribution in [0.1, 0.15) is 24.2 Å². The van der Waals surface area contributed by atoms with Crippen molar-refractivity contribution in [1.82, 2.24) is 14.8 Å². The summed E-state index contributed by atoms with van der Waals surface area (Å²) >= 11 is 0. The van der Waals surface area contributed by atoms with Crippen LogP contribution in [0.15, 0.2) is 42.6 Å². The van der Waals surface area contributed by atoms with Crippen LogP contribution in [0, 0.1) is 11.9 Å². The fourth-order valence-electron chi connectivity index (χ4n) is 2.31. The lowest BCUT2D eigenvalue weighted by atomic mass is 10.0. The van der Waals surface area contributed by atoms with Crippen molar-refractivity contribution in [1.29, 1.82) is 0 Å². The Balaban J connectivity index is 2.24. The smallest absolute Gasteiger partial charge is 0.233 e. The van der Waals surface area contributed by atoms with Gasteiger partial charge in [-0.15, -0.1) is 10.2 Å². The summed E-state index contributed by atoms with van der Waals surface area (Å²) in [6.07, 6.45) is 1.74. The Morgan fingerprint density at radius 1 is 1.14 bits per heavy atom. The van der Waals surface area contributed by atoms with Gasteiger partial charge < -0.3 is 0 Å². The normalized spacial score (nSPS) is 11.2. The van der Waals surface area contributed by atoms with E-state index < -0.39 is 5.95 Å². The number of aromatic nitrogens is 3. The number of hydrogen-bond donors (Lipinski definition) is 0. The molecule has 1 aromatic carbocycles. The number of halogens is 1. The van der Waals surface area contributed by atoms with Gasteiger partial charge in [-0.25, -0.2) is 0 Å². The Morgan fingerprint density at radius 2 is 1.90 bits per heavy atom. The maximum Gasteiger partial charge on any atom is 0.233 e. The first-order chi connectivity index (χ1) is 10.1. The minimum atomic E-state index is -0.631. The van der Waals surface area contributed by atoms with Crippen molar-refractivity contribution in [3.05, 3.63) is 54.1 Å². The van der Waals surface area contributed by atoms with E-state index in [0.717, 1.165) is 10.9 Å². The van der Waals surface area contributed by atoms with E-state index in [1.807, 2.05) is 38.1 Å². The van der Waals surface area contributed by atoms with Gasteiger partial charge in [0.05, 0.1) is 5.52 Å². The van der Waals surface area contributed by atoms with Gasteiger partial charge in [0.25, 0.3) is 0 Å². The number of benzene rings is 1. The molecule has 0 unspecified atom stereocenters. The molecule has 0 atom stereocenters. The highest BCUT2D eigenvalue weighted by Gasteiger charge is 2.18. The Morgan fingerprint density at radius 3 is 2.57 bits per heavy atom. The number of rotatable bonds is 3. The highest BCUT2D eigenvalue weighted by atomic mass is 19.1. The number of ketones is 1. The predicted molar refractivity (Wildman–Crippen MR) is 78.0 cm³/mol. The number of fused-ring (bicyclic) bond motifs is 1. The maximum absolute atomic E-state index is 12.9. The first kappa shape index (κ1) is 13.4. The lowest BCUT2D eigenvalue weighted by molar-refractivity contribution is 0.0941. The molecule has 2 heterocycles. The molecule has 4 nitrogen and oxygen atoms in total. The maximum atomic E-state index is 12.9. The fourth-order valence-corrected chi connectivity index (χ4v) is 2.31. The van der Waals surface area contributed by atoms with Crippen molar-refractivity contribution in [3.63, 3.8) is 0 Å². The average molecular weight is 283 g/mol. The first-order valence-corrected chi connectivity index (χ1v) is 6.72. The van der Waals surface area contributed by atoms with Crippen molar-refractivity contribution in [2.45, 2.75) is 13.8 Å². The van der Waals surface area contributed by atoms with Gasteiger partial charge in [0.2, 0.25) is 5.95 Å².